The molecule has 140 valence electrons. The van der Waals surface area contributed by atoms with Gasteiger partial charge in [-0.15, -0.1) is 0 Å². The van der Waals surface area contributed by atoms with E-state index in [-0.39, 0.29) is 5.91 Å². The Morgan fingerprint density at radius 1 is 1.00 bits per heavy atom. The molecule has 5 aromatic rings. The SMILES string of the molecule is O=C(Nc1cccc2c[nH+]ccc12)c1[nH]c(-c2ccccc2Cl)[n+]2ccccc12. The summed E-state index contributed by atoms with van der Waals surface area (Å²) in [5, 5.41) is 5.65. The zero-order valence-electron chi connectivity index (χ0n) is 15.3. The number of aromatic amines is 2. The first-order valence-corrected chi connectivity index (χ1v) is 9.57. The quantitative estimate of drug-likeness (QED) is 0.436. The number of benzene rings is 2. The molecule has 0 fully saturated rings. The first-order chi connectivity index (χ1) is 14.2. The Morgan fingerprint density at radius 2 is 1.86 bits per heavy atom. The van der Waals surface area contributed by atoms with Crippen molar-refractivity contribution in [2.75, 3.05) is 5.32 Å². The van der Waals surface area contributed by atoms with Crippen LogP contribution in [0.2, 0.25) is 5.02 Å². The third-order valence-electron chi connectivity index (χ3n) is 4.93. The summed E-state index contributed by atoms with van der Waals surface area (Å²) < 4.78 is 1.94. The monoisotopic (exact) mass is 400 g/mol. The number of fused-ring (bicyclic) bond motifs is 2. The molecule has 0 aliphatic heterocycles. The Bertz CT molecular complexity index is 1370. The average molecular weight is 401 g/mol. The average Bonchev–Trinajstić information content (AvgIpc) is 3.14. The minimum absolute atomic E-state index is 0.215. The lowest BCUT2D eigenvalue weighted by Gasteiger charge is -2.05. The maximum absolute atomic E-state index is 13.2. The third-order valence-corrected chi connectivity index (χ3v) is 5.26. The molecule has 0 aliphatic carbocycles. The molecule has 0 bridgehead atoms. The molecule has 3 heterocycles. The number of pyridine rings is 2. The molecule has 6 heteroatoms. The van der Waals surface area contributed by atoms with Crippen LogP contribution in [0.4, 0.5) is 5.69 Å². The first-order valence-electron chi connectivity index (χ1n) is 9.20. The first kappa shape index (κ1) is 17.4. The molecule has 0 unspecified atom stereocenters. The van der Waals surface area contributed by atoms with Crippen LogP contribution < -0.4 is 14.7 Å². The number of halogens is 1. The van der Waals surface area contributed by atoms with E-state index in [1.165, 1.54) is 0 Å². The Balaban J connectivity index is 1.62. The van der Waals surface area contributed by atoms with E-state index in [9.17, 15) is 4.79 Å². The molecule has 0 spiro atoms. The van der Waals surface area contributed by atoms with Crippen molar-refractivity contribution in [2.45, 2.75) is 0 Å². The summed E-state index contributed by atoms with van der Waals surface area (Å²) in [7, 11) is 0. The Hall–Kier alpha value is -3.70. The van der Waals surface area contributed by atoms with E-state index in [2.05, 4.69) is 15.3 Å². The van der Waals surface area contributed by atoms with Crippen LogP contribution in [0.3, 0.4) is 0 Å². The summed E-state index contributed by atoms with van der Waals surface area (Å²) in [6, 6.07) is 21.1. The molecular formula is C23H17ClN4O+2. The van der Waals surface area contributed by atoms with Gasteiger partial charge in [-0.05, 0) is 36.4 Å². The summed E-state index contributed by atoms with van der Waals surface area (Å²) in [5.74, 6) is 0.538. The highest BCUT2D eigenvalue weighted by molar-refractivity contribution is 6.33. The maximum Gasteiger partial charge on any atom is 0.300 e. The fourth-order valence-corrected chi connectivity index (χ4v) is 3.79. The van der Waals surface area contributed by atoms with Gasteiger partial charge in [-0.3, -0.25) is 4.79 Å². The van der Waals surface area contributed by atoms with Gasteiger partial charge >= 0.3 is 0 Å². The number of imidazole rings is 1. The van der Waals surface area contributed by atoms with Crippen molar-refractivity contribution in [3.05, 3.63) is 96.0 Å². The van der Waals surface area contributed by atoms with Crippen LogP contribution >= 0.6 is 11.6 Å². The Kier molecular flexibility index (Phi) is 4.22. The fourth-order valence-electron chi connectivity index (χ4n) is 3.57. The molecule has 3 N–H and O–H groups in total. The van der Waals surface area contributed by atoms with E-state index in [1.54, 1.807) is 0 Å². The highest BCUT2D eigenvalue weighted by atomic mass is 35.5. The molecule has 0 saturated carbocycles. The molecule has 2 aromatic carbocycles. The molecule has 1 amide bonds. The van der Waals surface area contributed by atoms with Crippen LogP contribution in [0.1, 0.15) is 10.5 Å². The second-order valence-electron chi connectivity index (χ2n) is 6.69. The van der Waals surface area contributed by atoms with Gasteiger partial charge in [-0.1, -0.05) is 35.9 Å². The van der Waals surface area contributed by atoms with Gasteiger partial charge < -0.3 is 5.32 Å². The number of nitrogens with zero attached hydrogens (tertiary/aromatic N) is 1. The molecule has 0 saturated heterocycles. The van der Waals surface area contributed by atoms with Crippen molar-refractivity contribution in [1.82, 2.24) is 4.98 Å². The van der Waals surface area contributed by atoms with Crippen molar-refractivity contribution < 1.29 is 14.2 Å². The van der Waals surface area contributed by atoms with E-state index < -0.39 is 0 Å². The Morgan fingerprint density at radius 3 is 2.76 bits per heavy atom. The second kappa shape index (κ2) is 7.04. The number of amides is 1. The van der Waals surface area contributed by atoms with Crippen molar-refractivity contribution in [1.29, 1.82) is 0 Å². The van der Waals surface area contributed by atoms with Gasteiger partial charge in [0.05, 0.1) is 16.8 Å². The summed E-state index contributed by atoms with van der Waals surface area (Å²) in [5.41, 5.74) is 2.83. The zero-order chi connectivity index (χ0) is 19.8. The van der Waals surface area contributed by atoms with Gasteiger partial charge in [-0.2, -0.15) is 4.40 Å². The second-order valence-corrected chi connectivity index (χ2v) is 7.10. The standard InChI is InChI=1S/C23H15ClN4O/c24-18-8-2-1-7-17(18)22-27-21(20-10-3-4-13-28(20)22)23(29)26-19-9-5-6-15-14-25-12-11-16(15)19/h1-14H,(H,26,29)/p+2. The molecule has 0 atom stereocenters. The smallest absolute Gasteiger partial charge is 0.300 e. The number of hydrogen-bond acceptors (Lipinski definition) is 1. The van der Waals surface area contributed by atoms with Crippen LogP contribution in [0.5, 0.6) is 0 Å². The predicted octanol–water partition coefficient (Wildman–Crippen LogP) is 4.29. The van der Waals surface area contributed by atoms with Gasteiger partial charge in [0.25, 0.3) is 11.7 Å². The van der Waals surface area contributed by atoms with Gasteiger partial charge in [-0.25, -0.2) is 9.97 Å². The van der Waals surface area contributed by atoms with E-state index in [1.807, 2.05) is 89.7 Å². The molecule has 5 nitrogen and oxygen atoms in total. The number of nitrogens with one attached hydrogen (secondary N) is 3. The van der Waals surface area contributed by atoms with E-state index in [0.717, 1.165) is 33.4 Å². The fraction of sp³-hybridized carbons (Fsp3) is 0. The number of hydrogen-bond donors (Lipinski definition) is 2. The van der Waals surface area contributed by atoms with Crippen LogP contribution in [-0.4, -0.2) is 10.9 Å². The van der Waals surface area contributed by atoms with Gasteiger partial charge in [0, 0.05) is 22.5 Å². The normalized spacial score (nSPS) is 11.1. The third kappa shape index (κ3) is 3.02. The van der Waals surface area contributed by atoms with E-state index in [0.29, 0.717) is 10.7 Å². The summed E-state index contributed by atoms with van der Waals surface area (Å²) in [4.78, 5) is 19.5. The number of H-pyrrole nitrogens is 2. The summed E-state index contributed by atoms with van der Waals surface area (Å²) >= 11 is 6.41. The van der Waals surface area contributed by atoms with Crippen molar-refractivity contribution in [3.8, 4) is 11.4 Å². The highest BCUT2D eigenvalue weighted by Gasteiger charge is 2.26. The molecule has 0 aliphatic rings. The molecule has 0 radical (unpaired) electrons. The number of carbonyl (C=O) groups excluding carboxylic acids is 1. The number of carbonyl (C=O) groups is 1. The largest absolute Gasteiger partial charge is 0.318 e. The lowest BCUT2D eigenvalue weighted by atomic mass is 10.1. The van der Waals surface area contributed by atoms with Crippen LogP contribution in [0.15, 0.2) is 85.3 Å². The van der Waals surface area contributed by atoms with Gasteiger partial charge in [0.1, 0.15) is 0 Å². The lowest BCUT2D eigenvalue weighted by Crippen LogP contribution is -2.22. The molecule has 5 rings (SSSR count). The summed E-state index contributed by atoms with van der Waals surface area (Å²) in [6.07, 6.45) is 5.66. The highest BCUT2D eigenvalue weighted by Crippen LogP contribution is 2.26. The number of aromatic nitrogens is 3. The van der Waals surface area contributed by atoms with Crippen molar-refractivity contribution in [2.24, 2.45) is 0 Å². The topological polar surface area (TPSA) is 63.1 Å². The zero-order valence-corrected chi connectivity index (χ0v) is 16.1. The van der Waals surface area contributed by atoms with Crippen molar-refractivity contribution >= 4 is 39.5 Å². The molecule has 3 aromatic heterocycles. The van der Waals surface area contributed by atoms with Crippen LogP contribution in [0, 0.1) is 0 Å². The minimum atomic E-state index is -0.215. The number of anilines is 1. The van der Waals surface area contributed by atoms with Crippen molar-refractivity contribution in [3.63, 3.8) is 0 Å². The molecular weight excluding hydrogens is 384 g/mol. The van der Waals surface area contributed by atoms with Gasteiger partial charge in [0.15, 0.2) is 17.9 Å². The van der Waals surface area contributed by atoms with E-state index >= 15 is 0 Å². The van der Waals surface area contributed by atoms with Crippen LogP contribution in [-0.2, 0) is 0 Å². The lowest BCUT2D eigenvalue weighted by molar-refractivity contribution is -0.498. The predicted molar refractivity (Wildman–Crippen MR) is 113 cm³/mol. The summed E-state index contributed by atoms with van der Waals surface area (Å²) in [6.45, 7) is 0. The van der Waals surface area contributed by atoms with Gasteiger partial charge in [0.2, 0.25) is 5.69 Å². The Labute approximate surface area is 171 Å². The van der Waals surface area contributed by atoms with Crippen LogP contribution in [0.25, 0.3) is 27.7 Å². The minimum Gasteiger partial charge on any atom is -0.318 e. The van der Waals surface area contributed by atoms with E-state index in [4.69, 9.17) is 11.6 Å². The number of rotatable bonds is 3. The molecule has 29 heavy (non-hydrogen) atoms. The maximum atomic E-state index is 13.2.